The number of ether oxygens (including phenoxy) is 1. The standard InChI is InChI=1S/C11H20N3O14P3/c1-2-14-3-5(10(17)13-11(14)12)9-8(16)7(15)6(26-9)4-25-30(21,22)28-31(23,24)27-29(18,19)20/h3,6-9,15-16H,2,4H2,1H3,(H,21,22)(H,23,24)(H2,12,13,17)(H2,18,19,20). The summed E-state index contributed by atoms with van der Waals surface area (Å²) in [5, 5.41) is 20.3. The summed E-state index contributed by atoms with van der Waals surface area (Å²) >= 11 is 0. The molecule has 1 aliphatic heterocycles. The molecule has 8 N–H and O–H groups in total. The summed E-state index contributed by atoms with van der Waals surface area (Å²) in [7, 11) is -16.7. The van der Waals surface area contributed by atoms with E-state index in [1.807, 2.05) is 0 Å². The first-order valence-electron chi connectivity index (χ1n) is 8.22. The van der Waals surface area contributed by atoms with E-state index in [-0.39, 0.29) is 11.5 Å². The largest absolute Gasteiger partial charge is 0.490 e. The Morgan fingerprint density at radius 2 is 1.74 bits per heavy atom. The summed E-state index contributed by atoms with van der Waals surface area (Å²) in [6.45, 7) is 0.994. The van der Waals surface area contributed by atoms with Gasteiger partial charge in [-0.3, -0.25) is 9.32 Å². The summed E-state index contributed by atoms with van der Waals surface area (Å²) in [5.41, 5.74) is 4.54. The van der Waals surface area contributed by atoms with Crippen molar-refractivity contribution < 1.29 is 61.4 Å². The molecule has 17 nitrogen and oxygen atoms in total. The molecule has 20 heteroatoms. The van der Waals surface area contributed by atoms with E-state index in [2.05, 4.69) is 18.1 Å². The number of aliphatic hydroxyl groups excluding tert-OH is 2. The van der Waals surface area contributed by atoms with Crippen LogP contribution in [0.3, 0.4) is 0 Å². The molecule has 0 amide bonds. The maximum absolute atomic E-state index is 12.1. The Balaban J connectivity index is 2.11. The van der Waals surface area contributed by atoms with Crippen molar-refractivity contribution in [2.75, 3.05) is 12.3 Å². The topological polar surface area (TPSA) is 270 Å². The molecule has 0 spiro atoms. The molecule has 0 aliphatic carbocycles. The van der Waals surface area contributed by atoms with Crippen LogP contribution < -0.4 is 11.3 Å². The number of nitrogens with zero attached hydrogens (tertiary/aromatic N) is 2. The molecule has 6 atom stereocenters. The zero-order valence-corrected chi connectivity index (χ0v) is 18.2. The number of rotatable bonds is 9. The molecule has 0 aromatic carbocycles. The molecule has 1 fully saturated rings. The number of nitrogen functional groups attached to an aromatic ring is 1. The van der Waals surface area contributed by atoms with Crippen LogP contribution in [0.25, 0.3) is 0 Å². The number of phosphoric acid groups is 3. The van der Waals surface area contributed by atoms with Crippen LogP contribution >= 0.6 is 23.5 Å². The fourth-order valence-corrected chi connectivity index (χ4v) is 5.61. The van der Waals surface area contributed by atoms with Gasteiger partial charge in [0, 0.05) is 12.7 Å². The van der Waals surface area contributed by atoms with Crippen LogP contribution in [0.1, 0.15) is 18.6 Å². The highest BCUT2D eigenvalue weighted by atomic mass is 31.3. The Kier molecular flexibility index (Phi) is 7.99. The zero-order chi connectivity index (χ0) is 23.8. The lowest BCUT2D eigenvalue weighted by molar-refractivity contribution is -0.0228. The summed E-state index contributed by atoms with van der Waals surface area (Å²) in [6, 6.07) is 0. The number of aromatic nitrogens is 2. The Labute approximate surface area is 173 Å². The Bertz CT molecular complexity index is 1010. The van der Waals surface area contributed by atoms with Gasteiger partial charge in [0.2, 0.25) is 5.95 Å². The number of anilines is 1. The number of hydrogen-bond donors (Lipinski definition) is 7. The van der Waals surface area contributed by atoms with Gasteiger partial charge in [-0.2, -0.15) is 13.6 Å². The first-order chi connectivity index (χ1) is 14.1. The normalized spacial score (nSPS) is 28.2. The Morgan fingerprint density at radius 3 is 2.29 bits per heavy atom. The number of phosphoric ester groups is 1. The van der Waals surface area contributed by atoms with Gasteiger partial charge in [0.15, 0.2) is 0 Å². The molecule has 6 unspecified atom stereocenters. The fourth-order valence-electron chi connectivity index (χ4n) is 2.58. The third kappa shape index (κ3) is 6.97. The van der Waals surface area contributed by atoms with Crippen LogP contribution in [0.2, 0.25) is 0 Å². The monoisotopic (exact) mass is 511 g/mol. The molecular formula is C11H20N3O14P3. The number of hydrogen-bond acceptors (Lipinski definition) is 12. The van der Waals surface area contributed by atoms with Crippen molar-refractivity contribution in [1.82, 2.24) is 9.55 Å². The van der Waals surface area contributed by atoms with Gasteiger partial charge in [-0.05, 0) is 6.92 Å². The molecule has 1 aromatic heterocycles. The van der Waals surface area contributed by atoms with Gasteiger partial charge in [0.05, 0.1) is 12.2 Å². The van der Waals surface area contributed by atoms with Crippen LogP contribution in [-0.2, 0) is 38.1 Å². The number of nitrogens with two attached hydrogens (primary N) is 1. The molecule has 0 radical (unpaired) electrons. The second-order valence-corrected chi connectivity index (χ2v) is 10.5. The molecule has 178 valence electrons. The van der Waals surface area contributed by atoms with Gasteiger partial charge in [0.25, 0.3) is 5.56 Å². The summed E-state index contributed by atoms with van der Waals surface area (Å²) in [4.78, 5) is 51.2. The smallest absolute Gasteiger partial charge is 0.387 e. The first-order valence-corrected chi connectivity index (χ1v) is 12.7. The number of aliphatic hydroxyl groups is 2. The van der Waals surface area contributed by atoms with Crippen molar-refractivity contribution in [2.45, 2.75) is 37.9 Å². The third-order valence-corrected chi connectivity index (χ3v) is 7.68. The predicted octanol–water partition coefficient (Wildman–Crippen LogP) is -1.65. The van der Waals surface area contributed by atoms with Crippen LogP contribution in [-0.4, -0.2) is 64.3 Å². The second kappa shape index (κ2) is 9.45. The van der Waals surface area contributed by atoms with Gasteiger partial charge in [-0.1, -0.05) is 0 Å². The highest BCUT2D eigenvalue weighted by molar-refractivity contribution is 7.66. The molecule has 0 saturated carbocycles. The van der Waals surface area contributed by atoms with E-state index in [0.717, 1.165) is 0 Å². The molecule has 1 saturated heterocycles. The molecule has 2 heterocycles. The van der Waals surface area contributed by atoms with E-state index >= 15 is 0 Å². The average molecular weight is 511 g/mol. The summed E-state index contributed by atoms with van der Waals surface area (Å²) in [6.07, 6.45) is -5.15. The summed E-state index contributed by atoms with van der Waals surface area (Å²) < 4.78 is 51.8. The van der Waals surface area contributed by atoms with Crippen LogP contribution in [0.5, 0.6) is 0 Å². The van der Waals surface area contributed by atoms with Crippen LogP contribution in [0, 0.1) is 0 Å². The maximum atomic E-state index is 12.1. The molecule has 2 rings (SSSR count). The van der Waals surface area contributed by atoms with Crippen molar-refractivity contribution >= 4 is 29.4 Å². The van der Waals surface area contributed by atoms with E-state index in [4.69, 9.17) is 25.2 Å². The summed E-state index contributed by atoms with van der Waals surface area (Å²) in [5.74, 6) is -0.103. The zero-order valence-electron chi connectivity index (χ0n) is 15.6. The number of aryl methyl sites for hydroxylation is 1. The minimum absolute atomic E-state index is 0.103. The molecule has 31 heavy (non-hydrogen) atoms. The van der Waals surface area contributed by atoms with Gasteiger partial charge < -0.3 is 44.8 Å². The molecular weight excluding hydrogens is 491 g/mol. The first kappa shape index (κ1) is 26.2. The van der Waals surface area contributed by atoms with Gasteiger partial charge in [-0.25, -0.2) is 13.7 Å². The maximum Gasteiger partial charge on any atom is 0.490 e. The fraction of sp³-hybridized carbons (Fsp3) is 0.636. The highest BCUT2D eigenvalue weighted by Gasteiger charge is 2.47. The van der Waals surface area contributed by atoms with E-state index in [1.54, 1.807) is 6.92 Å². The van der Waals surface area contributed by atoms with E-state index in [0.29, 0.717) is 6.54 Å². The quantitative estimate of drug-likeness (QED) is 0.183. The average Bonchev–Trinajstić information content (AvgIpc) is 2.85. The van der Waals surface area contributed by atoms with E-state index in [9.17, 15) is 33.6 Å². The predicted molar refractivity (Wildman–Crippen MR) is 98.0 cm³/mol. The molecule has 1 aromatic rings. The van der Waals surface area contributed by atoms with E-state index < -0.39 is 60.1 Å². The van der Waals surface area contributed by atoms with Crippen molar-refractivity contribution in [2.24, 2.45) is 0 Å². The van der Waals surface area contributed by atoms with Gasteiger partial charge >= 0.3 is 23.5 Å². The lowest BCUT2D eigenvalue weighted by atomic mass is 10.0. The Hall–Kier alpha value is -1.03. The van der Waals surface area contributed by atoms with Crippen LogP contribution in [0.15, 0.2) is 11.0 Å². The van der Waals surface area contributed by atoms with Crippen molar-refractivity contribution in [1.29, 1.82) is 0 Å². The minimum Gasteiger partial charge on any atom is -0.387 e. The lowest BCUT2D eigenvalue weighted by Crippen LogP contribution is -2.34. The SMILES string of the molecule is CCn1cc(C2OC(COP(=O)(O)OP(=O)(O)OP(=O)(O)O)C(O)C2O)c(=O)nc1N. The van der Waals surface area contributed by atoms with E-state index in [1.165, 1.54) is 10.8 Å². The van der Waals surface area contributed by atoms with Crippen molar-refractivity contribution in [3.63, 3.8) is 0 Å². The van der Waals surface area contributed by atoms with Crippen LogP contribution in [0.4, 0.5) is 5.95 Å². The minimum atomic E-state index is -5.72. The van der Waals surface area contributed by atoms with Gasteiger partial charge in [0.1, 0.15) is 24.4 Å². The van der Waals surface area contributed by atoms with Crippen molar-refractivity contribution in [3.05, 3.63) is 22.1 Å². The Morgan fingerprint density at radius 1 is 1.13 bits per heavy atom. The highest BCUT2D eigenvalue weighted by Crippen LogP contribution is 2.66. The molecule has 1 aliphatic rings. The van der Waals surface area contributed by atoms with Gasteiger partial charge in [-0.15, -0.1) is 0 Å². The second-order valence-electron chi connectivity index (χ2n) is 6.11. The molecule has 0 bridgehead atoms. The van der Waals surface area contributed by atoms with Crippen molar-refractivity contribution in [3.8, 4) is 0 Å². The third-order valence-electron chi connectivity index (χ3n) is 3.88. The lowest BCUT2D eigenvalue weighted by Gasteiger charge is -2.19.